The van der Waals surface area contributed by atoms with Gasteiger partial charge in [0, 0.05) is 11.6 Å². The second-order valence-electron chi connectivity index (χ2n) is 7.69. The molecule has 0 bridgehead atoms. The standard InChI is InChI=1S/C22H22ClN3O3/c1-22(17-8-7-15-3-2-4-16(15)11-17)20(28)26(21(29)25-22)13-19(27)24-12-14-5-9-18(23)10-6-14/h5-11H,2-4,12-13H2,1H3,(H,24,27)(H,25,29)/t22-/m1/s1. The van der Waals surface area contributed by atoms with Gasteiger partial charge in [0.1, 0.15) is 12.1 Å². The minimum absolute atomic E-state index is 0.293. The van der Waals surface area contributed by atoms with Crippen LogP contribution in [0, 0.1) is 0 Å². The van der Waals surface area contributed by atoms with E-state index in [9.17, 15) is 14.4 Å². The van der Waals surface area contributed by atoms with Crippen LogP contribution < -0.4 is 10.6 Å². The number of carbonyl (C=O) groups is 3. The Morgan fingerprint density at radius 3 is 2.62 bits per heavy atom. The molecule has 0 saturated carbocycles. The molecule has 29 heavy (non-hydrogen) atoms. The number of benzene rings is 2. The van der Waals surface area contributed by atoms with E-state index >= 15 is 0 Å². The summed E-state index contributed by atoms with van der Waals surface area (Å²) in [5.74, 6) is -0.816. The summed E-state index contributed by atoms with van der Waals surface area (Å²) >= 11 is 5.85. The van der Waals surface area contributed by atoms with Gasteiger partial charge in [0.05, 0.1) is 0 Å². The van der Waals surface area contributed by atoms with Crippen molar-refractivity contribution in [1.29, 1.82) is 0 Å². The molecule has 1 aliphatic carbocycles. The number of nitrogens with one attached hydrogen (secondary N) is 2. The van der Waals surface area contributed by atoms with Crippen molar-refractivity contribution in [3.63, 3.8) is 0 Å². The molecule has 2 aromatic rings. The largest absolute Gasteiger partial charge is 0.350 e. The van der Waals surface area contributed by atoms with Crippen molar-refractivity contribution in [3.05, 3.63) is 69.7 Å². The first kappa shape index (κ1) is 19.5. The summed E-state index contributed by atoms with van der Waals surface area (Å²) in [6.07, 6.45) is 3.14. The lowest BCUT2D eigenvalue weighted by Crippen LogP contribution is -2.43. The molecule has 1 aliphatic heterocycles. The van der Waals surface area contributed by atoms with Gasteiger partial charge in [0.25, 0.3) is 5.91 Å². The average Bonchev–Trinajstić information content (AvgIpc) is 3.26. The predicted octanol–water partition coefficient (Wildman–Crippen LogP) is 2.91. The van der Waals surface area contributed by atoms with Gasteiger partial charge in [-0.15, -0.1) is 0 Å². The Morgan fingerprint density at radius 2 is 1.86 bits per heavy atom. The van der Waals surface area contributed by atoms with E-state index in [0.29, 0.717) is 11.6 Å². The normalized spacial score (nSPS) is 20.6. The van der Waals surface area contributed by atoms with Gasteiger partial charge in [-0.25, -0.2) is 4.79 Å². The average molecular weight is 412 g/mol. The summed E-state index contributed by atoms with van der Waals surface area (Å²) in [5.41, 5.74) is 2.99. The van der Waals surface area contributed by atoms with Crippen molar-refractivity contribution in [2.75, 3.05) is 6.54 Å². The number of hydrogen-bond donors (Lipinski definition) is 2. The molecule has 0 unspecified atom stereocenters. The van der Waals surface area contributed by atoms with Crippen molar-refractivity contribution in [1.82, 2.24) is 15.5 Å². The second kappa shape index (κ2) is 7.52. The Morgan fingerprint density at radius 1 is 1.14 bits per heavy atom. The predicted molar refractivity (Wildman–Crippen MR) is 109 cm³/mol. The van der Waals surface area contributed by atoms with Crippen molar-refractivity contribution in [3.8, 4) is 0 Å². The Kier molecular flexibility index (Phi) is 5.04. The van der Waals surface area contributed by atoms with Gasteiger partial charge in [-0.3, -0.25) is 14.5 Å². The van der Waals surface area contributed by atoms with Gasteiger partial charge >= 0.3 is 6.03 Å². The lowest BCUT2D eigenvalue weighted by molar-refractivity contribution is -0.134. The van der Waals surface area contributed by atoms with Crippen molar-refractivity contribution < 1.29 is 14.4 Å². The minimum atomic E-state index is -1.16. The van der Waals surface area contributed by atoms with Crippen molar-refractivity contribution >= 4 is 29.4 Å². The third-order valence-electron chi connectivity index (χ3n) is 5.66. The fourth-order valence-corrected chi connectivity index (χ4v) is 4.05. The molecular formula is C22H22ClN3O3. The summed E-state index contributed by atoms with van der Waals surface area (Å²) in [6, 6.07) is 12.5. The molecule has 4 amide bonds. The summed E-state index contributed by atoms with van der Waals surface area (Å²) in [6.45, 7) is 1.66. The van der Waals surface area contributed by atoms with Crippen LogP contribution in [0.25, 0.3) is 0 Å². The monoisotopic (exact) mass is 411 g/mol. The zero-order valence-electron chi connectivity index (χ0n) is 16.1. The maximum Gasteiger partial charge on any atom is 0.325 e. The Hall–Kier alpha value is -2.86. The van der Waals surface area contributed by atoms with Gasteiger partial charge in [0.15, 0.2) is 0 Å². The van der Waals surface area contributed by atoms with Crippen molar-refractivity contribution in [2.24, 2.45) is 0 Å². The number of rotatable bonds is 5. The second-order valence-corrected chi connectivity index (χ2v) is 8.12. The fourth-order valence-electron chi connectivity index (χ4n) is 3.92. The smallest absolute Gasteiger partial charge is 0.325 e. The molecule has 2 aromatic carbocycles. The number of aryl methyl sites for hydroxylation is 2. The summed E-state index contributed by atoms with van der Waals surface area (Å²) in [5, 5.41) is 6.11. The van der Waals surface area contributed by atoms with E-state index < -0.39 is 23.4 Å². The van der Waals surface area contributed by atoms with E-state index in [1.54, 1.807) is 31.2 Å². The molecule has 0 spiro atoms. The molecule has 1 saturated heterocycles. The molecule has 4 rings (SSSR count). The molecule has 2 aliphatic rings. The van der Waals surface area contributed by atoms with E-state index in [2.05, 4.69) is 10.6 Å². The molecule has 7 heteroatoms. The van der Waals surface area contributed by atoms with E-state index in [-0.39, 0.29) is 6.54 Å². The van der Waals surface area contributed by atoms with Gasteiger partial charge in [-0.2, -0.15) is 0 Å². The molecule has 0 radical (unpaired) electrons. The summed E-state index contributed by atoms with van der Waals surface area (Å²) < 4.78 is 0. The Balaban J connectivity index is 1.43. The quantitative estimate of drug-likeness (QED) is 0.742. The first-order valence-corrected chi connectivity index (χ1v) is 10.0. The Labute approximate surface area is 174 Å². The van der Waals surface area contributed by atoms with Gasteiger partial charge in [0.2, 0.25) is 5.91 Å². The topological polar surface area (TPSA) is 78.5 Å². The van der Waals surface area contributed by atoms with Crippen LogP contribution in [-0.4, -0.2) is 29.3 Å². The van der Waals surface area contributed by atoms with E-state index in [0.717, 1.165) is 35.3 Å². The molecule has 1 fully saturated rings. The maximum atomic E-state index is 13.0. The Bertz CT molecular complexity index is 989. The number of halogens is 1. The summed E-state index contributed by atoms with van der Waals surface area (Å²) in [4.78, 5) is 38.8. The van der Waals surface area contributed by atoms with Gasteiger partial charge in [-0.1, -0.05) is 41.9 Å². The van der Waals surface area contributed by atoms with Gasteiger partial charge < -0.3 is 10.6 Å². The van der Waals surface area contributed by atoms with Crippen LogP contribution in [0.5, 0.6) is 0 Å². The number of nitrogens with zero attached hydrogens (tertiary/aromatic N) is 1. The molecular weight excluding hydrogens is 390 g/mol. The third kappa shape index (κ3) is 3.72. The zero-order valence-corrected chi connectivity index (χ0v) is 16.9. The minimum Gasteiger partial charge on any atom is -0.350 e. The maximum absolute atomic E-state index is 13.0. The lowest BCUT2D eigenvalue weighted by Gasteiger charge is -2.23. The van der Waals surface area contributed by atoms with Crippen LogP contribution in [0.1, 0.15) is 35.6 Å². The van der Waals surface area contributed by atoms with E-state index in [1.807, 2.05) is 18.2 Å². The number of fused-ring (bicyclic) bond motifs is 1. The van der Waals surface area contributed by atoms with Crippen LogP contribution in [0.3, 0.4) is 0 Å². The number of amides is 4. The fraction of sp³-hybridized carbons (Fsp3) is 0.318. The number of carbonyl (C=O) groups excluding carboxylic acids is 3. The number of urea groups is 1. The molecule has 1 atom stereocenters. The lowest BCUT2D eigenvalue weighted by atomic mass is 9.89. The van der Waals surface area contributed by atoms with Crippen LogP contribution in [-0.2, 0) is 34.5 Å². The molecule has 6 nitrogen and oxygen atoms in total. The SMILES string of the molecule is C[C@]1(c2ccc3c(c2)CCC3)NC(=O)N(CC(=O)NCc2ccc(Cl)cc2)C1=O. The van der Waals surface area contributed by atoms with Crippen molar-refractivity contribution in [2.45, 2.75) is 38.3 Å². The highest BCUT2D eigenvalue weighted by Crippen LogP contribution is 2.32. The van der Waals surface area contributed by atoms with E-state index in [4.69, 9.17) is 11.6 Å². The van der Waals surface area contributed by atoms with Crippen LogP contribution in [0.4, 0.5) is 4.79 Å². The highest BCUT2D eigenvalue weighted by Gasteiger charge is 2.49. The van der Waals surface area contributed by atoms with Crippen LogP contribution in [0.15, 0.2) is 42.5 Å². The molecule has 150 valence electrons. The third-order valence-corrected chi connectivity index (χ3v) is 5.91. The molecule has 0 aromatic heterocycles. The summed E-state index contributed by atoms with van der Waals surface area (Å²) in [7, 11) is 0. The first-order chi connectivity index (χ1) is 13.9. The van der Waals surface area contributed by atoms with Crippen LogP contribution >= 0.6 is 11.6 Å². The molecule has 2 N–H and O–H groups in total. The highest BCUT2D eigenvalue weighted by molar-refractivity contribution is 6.30. The highest BCUT2D eigenvalue weighted by atomic mass is 35.5. The number of hydrogen-bond acceptors (Lipinski definition) is 3. The van der Waals surface area contributed by atoms with Crippen LogP contribution in [0.2, 0.25) is 5.02 Å². The van der Waals surface area contributed by atoms with Gasteiger partial charge in [-0.05, 0) is 60.6 Å². The first-order valence-electron chi connectivity index (χ1n) is 9.64. The number of imide groups is 1. The zero-order chi connectivity index (χ0) is 20.6. The van der Waals surface area contributed by atoms with E-state index in [1.165, 1.54) is 11.1 Å². The molecule has 1 heterocycles.